The fourth-order valence-electron chi connectivity index (χ4n) is 2.26. The van der Waals surface area contributed by atoms with E-state index in [0.717, 1.165) is 0 Å². The first-order valence-corrected chi connectivity index (χ1v) is 4.19. The number of allylic oxidation sites excluding steroid dienone is 2. The van der Waals surface area contributed by atoms with Crippen molar-refractivity contribution in [1.29, 1.82) is 0 Å². The van der Waals surface area contributed by atoms with Crippen molar-refractivity contribution in [1.82, 2.24) is 0 Å². The molecule has 2 unspecified atom stereocenters. The van der Waals surface area contributed by atoms with Crippen molar-refractivity contribution in [2.75, 3.05) is 0 Å². The molecule has 0 saturated heterocycles. The SMILES string of the molecule is C1=CC2CCC1c1cocc12. The predicted molar refractivity (Wildman–Crippen MR) is 42.6 cm³/mol. The summed E-state index contributed by atoms with van der Waals surface area (Å²) in [6.07, 6.45) is 11.1. The van der Waals surface area contributed by atoms with Gasteiger partial charge >= 0.3 is 0 Å². The third kappa shape index (κ3) is 0.609. The first kappa shape index (κ1) is 5.64. The lowest BCUT2D eigenvalue weighted by molar-refractivity contribution is 0.557. The smallest absolute Gasteiger partial charge is 0.0943 e. The highest BCUT2D eigenvalue weighted by atomic mass is 16.3. The molecule has 1 aromatic heterocycles. The Labute approximate surface area is 65.7 Å². The maximum absolute atomic E-state index is 5.21. The molecular weight excluding hydrogens is 136 g/mol. The summed E-state index contributed by atoms with van der Waals surface area (Å²) in [5.41, 5.74) is 2.87. The van der Waals surface area contributed by atoms with Crippen LogP contribution >= 0.6 is 0 Å². The highest BCUT2D eigenvalue weighted by molar-refractivity contribution is 5.41. The fourth-order valence-corrected chi connectivity index (χ4v) is 2.26. The van der Waals surface area contributed by atoms with Gasteiger partial charge in [-0.05, 0) is 12.8 Å². The molecule has 3 aliphatic rings. The first-order valence-electron chi connectivity index (χ1n) is 4.19. The normalized spacial score (nSPS) is 32.4. The average molecular weight is 146 g/mol. The Morgan fingerprint density at radius 1 is 1.00 bits per heavy atom. The van der Waals surface area contributed by atoms with Gasteiger partial charge in [-0.25, -0.2) is 0 Å². The first-order chi connectivity index (χ1) is 5.45. The van der Waals surface area contributed by atoms with E-state index in [-0.39, 0.29) is 0 Å². The van der Waals surface area contributed by atoms with Crippen LogP contribution in [0.4, 0.5) is 0 Å². The molecule has 0 fully saturated rings. The van der Waals surface area contributed by atoms with E-state index in [1.807, 2.05) is 12.5 Å². The topological polar surface area (TPSA) is 13.1 Å². The summed E-state index contributed by atoms with van der Waals surface area (Å²) < 4.78 is 5.21. The largest absolute Gasteiger partial charge is 0.472 e. The number of hydrogen-bond acceptors (Lipinski definition) is 1. The second kappa shape index (κ2) is 1.79. The maximum atomic E-state index is 5.21. The summed E-state index contributed by atoms with van der Waals surface area (Å²) in [5, 5.41) is 0. The van der Waals surface area contributed by atoms with Crippen molar-refractivity contribution >= 4 is 0 Å². The second-order valence-corrected chi connectivity index (χ2v) is 3.46. The summed E-state index contributed by atoms with van der Waals surface area (Å²) in [4.78, 5) is 0. The summed E-state index contributed by atoms with van der Waals surface area (Å²) in [7, 11) is 0. The van der Waals surface area contributed by atoms with Crippen LogP contribution in [0.15, 0.2) is 29.1 Å². The quantitative estimate of drug-likeness (QED) is 0.513. The Morgan fingerprint density at radius 2 is 1.55 bits per heavy atom. The second-order valence-electron chi connectivity index (χ2n) is 3.46. The minimum Gasteiger partial charge on any atom is -0.472 e. The summed E-state index contributed by atoms with van der Waals surface area (Å²) >= 11 is 0. The van der Waals surface area contributed by atoms with Crippen LogP contribution in [-0.2, 0) is 0 Å². The van der Waals surface area contributed by atoms with E-state index < -0.39 is 0 Å². The van der Waals surface area contributed by atoms with Crippen molar-refractivity contribution < 1.29 is 4.42 Å². The van der Waals surface area contributed by atoms with Gasteiger partial charge in [0.05, 0.1) is 12.5 Å². The molecule has 0 amide bonds. The van der Waals surface area contributed by atoms with E-state index in [1.54, 1.807) is 0 Å². The predicted octanol–water partition coefficient (Wildman–Crippen LogP) is 2.81. The van der Waals surface area contributed by atoms with E-state index in [2.05, 4.69) is 12.2 Å². The van der Waals surface area contributed by atoms with Crippen LogP contribution in [0.5, 0.6) is 0 Å². The molecule has 0 aliphatic heterocycles. The molecule has 2 bridgehead atoms. The number of fused-ring (bicyclic) bond motifs is 1. The van der Waals surface area contributed by atoms with E-state index >= 15 is 0 Å². The molecule has 2 atom stereocenters. The van der Waals surface area contributed by atoms with Crippen LogP contribution in [0.1, 0.15) is 35.8 Å². The van der Waals surface area contributed by atoms with Gasteiger partial charge in [0.25, 0.3) is 0 Å². The number of rotatable bonds is 0. The molecule has 3 aliphatic carbocycles. The van der Waals surface area contributed by atoms with Gasteiger partial charge in [0.1, 0.15) is 0 Å². The molecule has 56 valence electrons. The lowest BCUT2D eigenvalue weighted by atomic mass is 9.74. The Bertz CT molecular complexity index is 280. The molecule has 0 N–H and O–H groups in total. The summed E-state index contributed by atoms with van der Waals surface area (Å²) in [6.45, 7) is 0. The molecule has 0 spiro atoms. The fraction of sp³-hybridized carbons (Fsp3) is 0.400. The van der Waals surface area contributed by atoms with Gasteiger partial charge in [0.15, 0.2) is 0 Å². The van der Waals surface area contributed by atoms with Crippen molar-refractivity contribution in [3.8, 4) is 0 Å². The molecule has 11 heavy (non-hydrogen) atoms. The molecule has 1 heterocycles. The average Bonchev–Trinajstić information content (AvgIpc) is 2.55. The van der Waals surface area contributed by atoms with E-state index in [1.165, 1.54) is 24.0 Å². The van der Waals surface area contributed by atoms with Crippen LogP contribution in [-0.4, -0.2) is 0 Å². The van der Waals surface area contributed by atoms with Gasteiger partial charge in [-0.3, -0.25) is 0 Å². The van der Waals surface area contributed by atoms with Crippen LogP contribution < -0.4 is 0 Å². The van der Waals surface area contributed by atoms with Gasteiger partial charge in [-0.1, -0.05) is 12.2 Å². The molecule has 0 aromatic carbocycles. The maximum Gasteiger partial charge on any atom is 0.0943 e. The molecule has 0 saturated carbocycles. The minimum atomic E-state index is 0.661. The Hall–Kier alpha value is -0.980. The van der Waals surface area contributed by atoms with Crippen LogP contribution in [0.3, 0.4) is 0 Å². The highest BCUT2D eigenvalue weighted by Crippen LogP contribution is 2.45. The van der Waals surface area contributed by atoms with Gasteiger partial charge in [-0.2, -0.15) is 0 Å². The standard InChI is InChI=1S/C10H10O/c1-2-8-4-3-7(1)9-5-11-6-10(8)9/h1-2,5-8H,3-4H2. The highest BCUT2D eigenvalue weighted by Gasteiger charge is 2.29. The molecule has 4 rings (SSSR count). The van der Waals surface area contributed by atoms with Gasteiger partial charge < -0.3 is 4.42 Å². The third-order valence-electron chi connectivity index (χ3n) is 2.89. The van der Waals surface area contributed by atoms with Crippen molar-refractivity contribution in [2.24, 2.45) is 0 Å². The molecule has 1 heteroatoms. The van der Waals surface area contributed by atoms with Crippen molar-refractivity contribution in [3.63, 3.8) is 0 Å². The van der Waals surface area contributed by atoms with Gasteiger partial charge in [-0.15, -0.1) is 0 Å². The Balaban J connectivity index is 2.25. The Kier molecular flexibility index (Phi) is 0.916. The molecule has 0 radical (unpaired) electrons. The zero-order valence-corrected chi connectivity index (χ0v) is 6.29. The zero-order valence-electron chi connectivity index (χ0n) is 6.29. The third-order valence-corrected chi connectivity index (χ3v) is 2.89. The molecule has 1 aromatic rings. The molecular formula is C10H10O. The van der Waals surface area contributed by atoms with Gasteiger partial charge in [0, 0.05) is 23.0 Å². The lowest BCUT2D eigenvalue weighted by Crippen LogP contribution is -2.14. The Morgan fingerprint density at radius 3 is 2.00 bits per heavy atom. The van der Waals surface area contributed by atoms with Crippen LogP contribution in [0, 0.1) is 0 Å². The van der Waals surface area contributed by atoms with Crippen LogP contribution in [0.25, 0.3) is 0 Å². The monoisotopic (exact) mass is 146 g/mol. The van der Waals surface area contributed by atoms with Crippen LogP contribution in [0.2, 0.25) is 0 Å². The zero-order chi connectivity index (χ0) is 7.26. The summed E-state index contributed by atoms with van der Waals surface area (Å²) in [6, 6.07) is 0. The lowest BCUT2D eigenvalue weighted by Gasteiger charge is -2.29. The van der Waals surface area contributed by atoms with E-state index in [9.17, 15) is 0 Å². The molecule has 1 nitrogen and oxygen atoms in total. The van der Waals surface area contributed by atoms with E-state index in [4.69, 9.17) is 4.42 Å². The number of hydrogen-bond donors (Lipinski definition) is 0. The van der Waals surface area contributed by atoms with Gasteiger partial charge in [0.2, 0.25) is 0 Å². The minimum absolute atomic E-state index is 0.661. The number of furan rings is 1. The van der Waals surface area contributed by atoms with Crippen molar-refractivity contribution in [2.45, 2.75) is 24.7 Å². The summed E-state index contributed by atoms with van der Waals surface area (Å²) in [5.74, 6) is 1.32. The van der Waals surface area contributed by atoms with Crippen molar-refractivity contribution in [3.05, 3.63) is 35.8 Å². The van der Waals surface area contributed by atoms with E-state index in [0.29, 0.717) is 11.8 Å².